The second kappa shape index (κ2) is 8.83. The molecule has 8 nitrogen and oxygen atoms in total. The zero-order valence-corrected chi connectivity index (χ0v) is 18.1. The van der Waals surface area contributed by atoms with E-state index in [1.54, 1.807) is 40.1 Å². The number of amides is 2. The average molecular weight is 449 g/mol. The van der Waals surface area contributed by atoms with Gasteiger partial charge in [0.15, 0.2) is 5.13 Å². The maximum atomic E-state index is 12.9. The molecular weight excluding hydrogens is 424 g/mol. The van der Waals surface area contributed by atoms with Gasteiger partial charge < -0.3 is 10.2 Å². The van der Waals surface area contributed by atoms with Crippen molar-refractivity contribution in [2.45, 2.75) is 37.0 Å². The van der Waals surface area contributed by atoms with E-state index < -0.39 is 15.9 Å². The highest BCUT2D eigenvalue weighted by molar-refractivity contribution is 7.89. The highest BCUT2D eigenvalue weighted by Gasteiger charge is 2.35. The Kier molecular flexibility index (Phi) is 6.16. The number of hydrogen-bond acceptors (Lipinski definition) is 6. The summed E-state index contributed by atoms with van der Waals surface area (Å²) in [6, 6.07) is 6.38. The number of hydrogen-bond donors (Lipinski definition) is 1. The number of rotatable bonds is 5. The summed E-state index contributed by atoms with van der Waals surface area (Å²) in [6.07, 6.45) is 5.59. The van der Waals surface area contributed by atoms with Crippen LogP contribution in [0.1, 0.15) is 32.1 Å². The second-order valence-corrected chi connectivity index (χ2v) is 10.4. The predicted octanol–water partition coefficient (Wildman–Crippen LogP) is 2.70. The van der Waals surface area contributed by atoms with Crippen molar-refractivity contribution in [1.82, 2.24) is 9.29 Å². The van der Waals surface area contributed by atoms with Crippen molar-refractivity contribution in [3.05, 3.63) is 35.8 Å². The largest absolute Gasteiger partial charge is 0.312 e. The molecule has 0 radical (unpaired) electrons. The fourth-order valence-electron chi connectivity index (χ4n) is 3.85. The molecule has 4 rings (SSSR count). The second-order valence-electron chi connectivity index (χ2n) is 7.54. The molecule has 10 heteroatoms. The molecule has 0 unspecified atom stereocenters. The summed E-state index contributed by atoms with van der Waals surface area (Å²) in [6.45, 7) is 1.35. The van der Waals surface area contributed by atoms with E-state index in [0.29, 0.717) is 23.9 Å². The zero-order valence-electron chi connectivity index (χ0n) is 16.5. The van der Waals surface area contributed by atoms with Crippen LogP contribution in [-0.4, -0.2) is 49.2 Å². The van der Waals surface area contributed by atoms with Gasteiger partial charge in [-0.25, -0.2) is 13.4 Å². The van der Waals surface area contributed by atoms with Crippen LogP contribution in [0, 0.1) is 5.92 Å². The molecule has 1 N–H and O–H groups in total. The van der Waals surface area contributed by atoms with E-state index in [2.05, 4.69) is 10.3 Å². The summed E-state index contributed by atoms with van der Waals surface area (Å²) < 4.78 is 27.4. The minimum Gasteiger partial charge on any atom is -0.312 e. The Balaban J connectivity index is 1.44. The predicted molar refractivity (Wildman–Crippen MR) is 115 cm³/mol. The molecule has 2 aliphatic rings. The monoisotopic (exact) mass is 448 g/mol. The molecule has 2 aromatic rings. The van der Waals surface area contributed by atoms with Crippen molar-refractivity contribution in [1.29, 1.82) is 0 Å². The molecule has 0 aliphatic carbocycles. The summed E-state index contributed by atoms with van der Waals surface area (Å²) in [5, 5.41) is 5.01. The molecule has 0 bridgehead atoms. The van der Waals surface area contributed by atoms with E-state index in [4.69, 9.17) is 0 Å². The lowest BCUT2D eigenvalue weighted by molar-refractivity contribution is -0.122. The van der Waals surface area contributed by atoms with Crippen LogP contribution in [0.25, 0.3) is 0 Å². The van der Waals surface area contributed by atoms with E-state index in [1.165, 1.54) is 16.2 Å². The third-order valence-electron chi connectivity index (χ3n) is 5.51. The van der Waals surface area contributed by atoms with E-state index >= 15 is 0 Å². The van der Waals surface area contributed by atoms with Crippen molar-refractivity contribution >= 4 is 44.0 Å². The fraction of sp³-hybridized carbons (Fsp3) is 0.450. The third kappa shape index (κ3) is 4.40. The number of aromatic nitrogens is 1. The Morgan fingerprint density at radius 2 is 1.80 bits per heavy atom. The van der Waals surface area contributed by atoms with Crippen molar-refractivity contribution in [3.8, 4) is 0 Å². The summed E-state index contributed by atoms with van der Waals surface area (Å²) in [4.78, 5) is 30.7. The summed E-state index contributed by atoms with van der Waals surface area (Å²) in [5.74, 6) is -0.861. The first-order valence-corrected chi connectivity index (χ1v) is 12.4. The molecule has 2 aliphatic heterocycles. The van der Waals surface area contributed by atoms with Crippen LogP contribution in [0.5, 0.6) is 0 Å². The lowest BCUT2D eigenvalue weighted by atomic mass is 10.1. The molecule has 3 heterocycles. The van der Waals surface area contributed by atoms with Gasteiger partial charge in [0.2, 0.25) is 21.8 Å². The van der Waals surface area contributed by atoms with Gasteiger partial charge >= 0.3 is 0 Å². The first-order valence-electron chi connectivity index (χ1n) is 10.1. The summed E-state index contributed by atoms with van der Waals surface area (Å²) in [5.41, 5.74) is 0.597. The van der Waals surface area contributed by atoms with Gasteiger partial charge in [0.1, 0.15) is 0 Å². The van der Waals surface area contributed by atoms with Crippen LogP contribution >= 0.6 is 11.3 Å². The fourth-order valence-corrected chi connectivity index (χ4v) is 5.90. The normalized spacial score (nSPS) is 20.9. The van der Waals surface area contributed by atoms with E-state index in [0.717, 1.165) is 25.7 Å². The van der Waals surface area contributed by atoms with Gasteiger partial charge in [0.05, 0.1) is 10.8 Å². The van der Waals surface area contributed by atoms with Crippen LogP contribution in [0.4, 0.5) is 10.8 Å². The van der Waals surface area contributed by atoms with Gasteiger partial charge in [0.25, 0.3) is 0 Å². The number of anilines is 2. The SMILES string of the molecule is O=C(Nc1nccs1)[C@H]1CC(=O)N(c2ccc(S(=O)(=O)N3CCCCCC3)cc2)C1. The Morgan fingerprint density at radius 3 is 2.43 bits per heavy atom. The van der Waals surface area contributed by atoms with Gasteiger partial charge in [-0.2, -0.15) is 4.31 Å². The van der Waals surface area contributed by atoms with Crippen LogP contribution in [0.3, 0.4) is 0 Å². The molecule has 1 aromatic carbocycles. The summed E-state index contributed by atoms with van der Waals surface area (Å²) >= 11 is 1.32. The van der Waals surface area contributed by atoms with Gasteiger partial charge in [-0.15, -0.1) is 11.3 Å². The van der Waals surface area contributed by atoms with Gasteiger partial charge in [-0.3, -0.25) is 9.59 Å². The van der Waals surface area contributed by atoms with Crippen LogP contribution in [0.2, 0.25) is 0 Å². The third-order valence-corrected chi connectivity index (χ3v) is 8.11. The van der Waals surface area contributed by atoms with Crippen LogP contribution < -0.4 is 10.2 Å². The number of nitrogens with zero attached hydrogens (tertiary/aromatic N) is 3. The van der Waals surface area contributed by atoms with Gasteiger partial charge in [-0.1, -0.05) is 12.8 Å². The zero-order chi connectivity index (χ0) is 21.1. The highest BCUT2D eigenvalue weighted by atomic mass is 32.2. The molecule has 1 aromatic heterocycles. The minimum absolute atomic E-state index is 0.116. The number of thiazole rings is 1. The van der Waals surface area contributed by atoms with E-state index in [-0.39, 0.29) is 29.7 Å². The van der Waals surface area contributed by atoms with Gasteiger partial charge in [-0.05, 0) is 37.1 Å². The molecule has 2 fully saturated rings. The molecule has 30 heavy (non-hydrogen) atoms. The molecular formula is C20H24N4O4S2. The number of carbonyl (C=O) groups is 2. The molecule has 160 valence electrons. The van der Waals surface area contributed by atoms with Crippen molar-refractivity contribution < 1.29 is 18.0 Å². The molecule has 2 amide bonds. The number of benzene rings is 1. The Morgan fingerprint density at radius 1 is 1.10 bits per heavy atom. The van der Waals surface area contributed by atoms with Crippen LogP contribution in [0.15, 0.2) is 40.7 Å². The molecule has 0 saturated carbocycles. The maximum Gasteiger partial charge on any atom is 0.243 e. The van der Waals surface area contributed by atoms with Crippen molar-refractivity contribution in [2.24, 2.45) is 5.92 Å². The Bertz CT molecular complexity index is 998. The number of sulfonamides is 1. The minimum atomic E-state index is -3.53. The first-order chi connectivity index (χ1) is 14.4. The average Bonchev–Trinajstić information content (AvgIpc) is 3.29. The van der Waals surface area contributed by atoms with Crippen molar-refractivity contribution in [2.75, 3.05) is 29.9 Å². The first kappa shape index (κ1) is 21.0. The van der Waals surface area contributed by atoms with Gasteiger partial charge in [0, 0.05) is 43.3 Å². The van der Waals surface area contributed by atoms with E-state index in [9.17, 15) is 18.0 Å². The standard InChI is InChI=1S/C20H24N4O4S2/c25-18-13-15(19(26)22-20-21-9-12-29-20)14-24(18)16-5-7-17(8-6-16)30(27,28)23-10-3-1-2-4-11-23/h5-9,12,15H,1-4,10-11,13-14H2,(H,21,22,26)/t15-/m0/s1. The topological polar surface area (TPSA) is 99.7 Å². The highest BCUT2D eigenvalue weighted by Crippen LogP contribution is 2.28. The molecule has 2 saturated heterocycles. The maximum absolute atomic E-state index is 12.9. The Labute approximate surface area is 180 Å². The number of nitrogens with one attached hydrogen (secondary N) is 1. The van der Waals surface area contributed by atoms with E-state index in [1.807, 2.05) is 0 Å². The molecule has 1 atom stereocenters. The summed E-state index contributed by atoms with van der Waals surface area (Å²) in [7, 11) is -3.53. The quantitative estimate of drug-likeness (QED) is 0.758. The van der Waals surface area contributed by atoms with Crippen molar-refractivity contribution in [3.63, 3.8) is 0 Å². The lowest BCUT2D eigenvalue weighted by Crippen LogP contribution is -2.32. The smallest absolute Gasteiger partial charge is 0.243 e. The molecule has 0 spiro atoms. The lowest BCUT2D eigenvalue weighted by Gasteiger charge is -2.21. The Hall–Kier alpha value is -2.30. The number of carbonyl (C=O) groups excluding carboxylic acids is 2. The van der Waals surface area contributed by atoms with Crippen LogP contribution in [-0.2, 0) is 19.6 Å².